The molecule has 4 rings (SSSR count). The van der Waals surface area contributed by atoms with Crippen LogP contribution in [0.3, 0.4) is 0 Å². The first-order valence-corrected chi connectivity index (χ1v) is 13.7. The molecule has 0 aromatic heterocycles. The number of ketones is 2. The second-order valence-electron chi connectivity index (χ2n) is 12.1. The Morgan fingerprint density at radius 1 is 1.27 bits per heavy atom. The molecule has 2 N–H and O–H groups in total. The average molecular weight is 512 g/mol. The van der Waals surface area contributed by atoms with Gasteiger partial charge in [-0.25, -0.2) is 0 Å². The molecule has 0 radical (unpaired) electrons. The first-order valence-electron chi connectivity index (χ1n) is 13.7. The van der Waals surface area contributed by atoms with Gasteiger partial charge in [0.2, 0.25) is 5.91 Å². The zero-order valence-electron chi connectivity index (χ0n) is 22.3. The largest absolute Gasteiger partial charge is 0.458 e. The number of aliphatic hydroxyl groups is 1. The number of ether oxygens (including phenoxy) is 1. The second-order valence-corrected chi connectivity index (χ2v) is 12.1. The van der Waals surface area contributed by atoms with E-state index in [-0.39, 0.29) is 71.4 Å². The number of carbonyl (C=O) groups is 4. The lowest BCUT2D eigenvalue weighted by Crippen LogP contribution is -2.56. The summed E-state index contributed by atoms with van der Waals surface area (Å²) in [6.07, 6.45) is 10.3. The number of hydrogen-bond acceptors (Lipinski definition) is 6. The number of carbonyl (C=O) groups excluding carboxylic acids is 4. The number of allylic oxidation sites excluding steroid dienone is 4. The van der Waals surface area contributed by atoms with Crippen molar-refractivity contribution in [3.05, 3.63) is 36.5 Å². The van der Waals surface area contributed by atoms with Gasteiger partial charge in [-0.05, 0) is 67.4 Å². The van der Waals surface area contributed by atoms with E-state index < -0.39 is 12.1 Å². The van der Waals surface area contributed by atoms with Crippen molar-refractivity contribution >= 4 is 23.4 Å². The van der Waals surface area contributed by atoms with Crippen molar-refractivity contribution in [3.63, 3.8) is 0 Å². The number of rotatable bonds is 9. The van der Waals surface area contributed by atoms with Crippen LogP contribution in [-0.4, -0.2) is 47.8 Å². The predicted octanol–water partition coefficient (Wildman–Crippen LogP) is 3.71. The number of hydrogen-bond donors (Lipinski definition) is 2. The molecule has 7 nitrogen and oxygen atoms in total. The highest BCUT2D eigenvalue weighted by molar-refractivity contribution is 6.01. The SMILES string of the molecule is C=CCNC(=O)CCCC(=O)OCC(=O)C1[C@H](C)CC2C3CCC4=CC(=O)C=CC4(C)C3C(O)CC21C. The maximum atomic E-state index is 13.4. The van der Waals surface area contributed by atoms with Crippen LogP contribution in [-0.2, 0) is 23.9 Å². The quantitative estimate of drug-likeness (QED) is 0.361. The molecule has 0 spiro atoms. The number of amides is 1. The van der Waals surface area contributed by atoms with E-state index in [2.05, 4.69) is 32.7 Å². The van der Waals surface area contributed by atoms with Gasteiger partial charge >= 0.3 is 5.97 Å². The summed E-state index contributed by atoms with van der Waals surface area (Å²) in [6, 6.07) is 0. The van der Waals surface area contributed by atoms with E-state index in [0.717, 1.165) is 24.8 Å². The van der Waals surface area contributed by atoms with Crippen LogP contribution in [0.25, 0.3) is 0 Å². The normalized spacial score (nSPS) is 38.1. The van der Waals surface area contributed by atoms with Gasteiger partial charge in [0.05, 0.1) is 6.10 Å². The fraction of sp³-hybridized carbons (Fsp3) is 0.667. The summed E-state index contributed by atoms with van der Waals surface area (Å²) in [7, 11) is 0. The van der Waals surface area contributed by atoms with Gasteiger partial charge in [0.15, 0.2) is 11.6 Å². The minimum atomic E-state index is -0.576. The first-order chi connectivity index (χ1) is 17.5. The third-order valence-electron chi connectivity index (χ3n) is 9.79. The molecule has 4 aliphatic rings. The Hall–Kier alpha value is -2.54. The summed E-state index contributed by atoms with van der Waals surface area (Å²) >= 11 is 0. The number of aliphatic hydroxyl groups excluding tert-OH is 1. The van der Waals surface area contributed by atoms with Crippen LogP contribution < -0.4 is 5.32 Å². The Kier molecular flexibility index (Phi) is 7.93. The van der Waals surface area contributed by atoms with Crippen LogP contribution in [0.4, 0.5) is 0 Å². The molecule has 7 heteroatoms. The molecule has 4 aliphatic carbocycles. The third-order valence-corrected chi connectivity index (χ3v) is 9.79. The highest BCUT2D eigenvalue weighted by atomic mass is 16.5. The second kappa shape index (κ2) is 10.7. The molecule has 3 saturated carbocycles. The lowest BCUT2D eigenvalue weighted by Gasteiger charge is -2.58. The van der Waals surface area contributed by atoms with Gasteiger partial charge < -0.3 is 15.2 Å². The van der Waals surface area contributed by atoms with Gasteiger partial charge in [0.1, 0.15) is 6.61 Å². The molecule has 7 unspecified atom stereocenters. The van der Waals surface area contributed by atoms with Crippen LogP contribution >= 0.6 is 0 Å². The van der Waals surface area contributed by atoms with Crippen molar-refractivity contribution < 1.29 is 29.0 Å². The molecule has 37 heavy (non-hydrogen) atoms. The average Bonchev–Trinajstić information content (AvgIpc) is 3.10. The van der Waals surface area contributed by atoms with Crippen molar-refractivity contribution in [1.29, 1.82) is 0 Å². The first kappa shape index (κ1) is 27.5. The van der Waals surface area contributed by atoms with E-state index in [9.17, 15) is 24.3 Å². The minimum absolute atomic E-state index is 0.0201. The molecule has 0 bridgehead atoms. The van der Waals surface area contributed by atoms with E-state index in [4.69, 9.17) is 4.74 Å². The molecule has 0 saturated heterocycles. The highest BCUT2D eigenvalue weighted by Gasteiger charge is 2.64. The molecule has 1 amide bonds. The van der Waals surface area contributed by atoms with E-state index in [1.807, 2.05) is 6.08 Å². The Labute approximate surface area is 219 Å². The Bertz CT molecular complexity index is 1030. The molecule has 202 valence electrons. The molecule has 3 fully saturated rings. The van der Waals surface area contributed by atoms with E-state index in [1.54, 1.807) is 18.2 Å². The van der Waals surface area contributed by atoms with Crippen LogP contribution in [0.2, 0.25) is 0 Å². The molecule has 0 aliphatic heterocycles. The minimum Gasteiger partial charge on any atom is -0.458 e. The molecule has 0 aromatic rings. The monoisotopic (exact) mass is 511 g/mol. The lowest BCUT2D eigenvalue weighted by atomic mass is 9.46. The van der Waals surface area contributed by atoms with Crippen molar-refractivity contribution in [2.45, 2.75) is 71.8 Å². The van der Waals surface area contributed by atoms with Gasteiger partial charge in [-0.2, -0.15) is 0 Å². The van der Waals surface area contributed by atoms with Gasteiger partial charge in [-0.1, -0.05) is 38.5 Å². The van der Waals surface area contributed by atoms with E-state index in [1.165, 1.54) is 0 Å². The predicted molar refractivity (Wildman–Crippen MR) is 139 cm³/mol. The van der Waals surface area contributed by atoms with Crippen LogP contribution in [0.1, 0.15) is 65.7 Å². The number of fused-ring (bicyclic) bond motifs is 5. The van der Waals surface area contributed by atoms with Gasteiger partial charge in [0.25, 0.3) is 0 Å². The number of Topliss-reactive ketones (excluding diaryl/α,β-unsaturated/α-hetero) is 1. The summed E-state index contributed by atoms with van der Waals surface area (Å²) in [4.78, 5) is 49.3. The molecule has 0 heterocycles. The van der Waals surface area contributed by atoms with Gasteiger partial charge in [-0.3, -0.25) is 19.2 Å². The number of nitrogens with one attached hydrogen (secondary N) is 1. The van der Waals surface area contributed by atoms with Crippen LogP contribution in [0.5, 0.6) is 0 Å². The third kappa shape index (κ3) is 5.12. The molecule has 8 atom stereocenters. The summed E-state index contributed by atoms with van der Waals surface area (Å²) in [5.74, 6) is -0.240. The van der Waals surface area contributed by atoms with Crippen molar-refractivity contribution in [2.24, 2.45) is 40.4 Å². The van der Waals surface area contributed by atoms with Crippen molar-refractivity contribution in [3.8, 4) is 0 Å². The fourth-order valence-corrected chi connectivity index (χ4v) is 8.36. The van der Waals surface area contributed by atoms with Crippen molar-refractivity contribution in [1.82, 2.24) is 5.32 Å². The van der Waals surface area contributed by atoms with E-state index in [0.29, 0.717) is 25.3 Å². The number of esters is 1. The standard InChI is InChI=1S/C30H41NO6/c1-5-13-31-25(35)7-6-8-26(36)37-17-24(34)27-18(2)14-22-21-10-9-19-15-20(32)11-12-29(19,3)28(21)23(33)16-30(22,27)4/h5,11-12,15,18,21-23,27-28,33H,1,6-10,13-14,16-17H2,2-4H3,(H,31,35)/t18-,21?,22?,23?,27?,28?,29?,30?/m1/s1. The topological polar surface area (TPSA) is 110 Å². The summed E-state index contributed by atoms with van der Waals surface area (Å²) in [5, 5.41) is 14.2. The fourth-order valence-electron chi connectivity index (χ4n) is 8.36. The Balaban J connectivity index is 1.39. The van der Waals surface area contributed by atoms with Crippen molar-refractivity contribution in [2.75, 3.05) is 13.2 Å². The smallest absolute Gasteiger partial charge is 0.306 e. The van der Waals surface area contributed by atoms with Gasteiger partial charge in [-0.15, -0.1) is 6.58 Å². The lowest BCUT2D eigenvalue weighted by molar-refractivity contribution is -0.154. The summed E-state index contributed by atoms with van der Waals surface area (Å²) in [5.41, 5.74) is 0.423. The summed E-state index contributed by atoms with van der Waals surface area (Å²) < 4.78 is 5.34. The maximum absolute atomic E-state index is 13.4. The Morgan fingerprint density at radius 3 is 2.76 bits per heavy atom. The van der Waals surface area contributed by atoms with Gasteiger partial charge in [0, 0.05) is 36.6 Å². The molecular formula is C30H41NO6. The zero-order chi connectivity index (χ0) is 27.0. The summed E-state index contributed by atoms with van der Waals surface area (Å²) in [6.45, 7) is 10.1. The Morgan fingerprint density at radius 2 is 2.03 bits per heavy atom. The van der Waals surface area contributed by atoms with Crippen LogP contribution in [0.15, 0.2) is 36.5 Å². The van der Waals surface area contributed by atoms with E-state index >= 15 is 0 Å². The molecular weight excluding hydrogens is 470 g/mol. The highest BCUT2D eigenvalue weighted by Crippen LogP contribution is 2.67. The van der Waals surface area contributed by atoms with Crippen LogP contribution in [0, 0.1) is 40.4 Å². The maximum Gasteiger partial charge on any atom is 0.306 e. The zero-order valence-corrected chi connectivity index (χ0v) is 22.3. The molecule has 0 aromatic carbocycles.